The number of aliphatic carboxylic acids is 2. The summed E-state index contributed by atoms with van der Waals surface area (Å²) in [5.41, 5.74) is 0. The summed E-state index contributed by atoms with van der Waals surface area (Å²) in [5.74, 6) is -1.38. The summed E-state index contributed by atoms with van der Waals surface area (Å²) in [7, 11) is 0. The molecule has 4 N–H and O–H groups in total. The third-order valence-corrected chi connectivity index (χ3v) is 2.04. The predicted octanol–water partition coefficient (Wildman–Crippen LogP) is 0.878. The minimum absolute atomic E-state index is 0.0987. The summed E-state index contributed by atoms with van der Waals surface area (Å²) in [6.07, 6.45) is 6.67. The SMILES string of the molecule is CC(=O)O.CC(=O)O.OCC(O)C1CC=CCC1. The number of rotatable bonds is 2. The first-order valence-electron chi connectivity index (χ1n) is 5.64. The van der Waals surface area contributed by atoms with Crippen LogP contribution in [0.1, 0.15) is 33.1 Å². The van der Waals surface area contributed by atoms with E-state index in [0.29, 0.717) is 0 Å². The second kappa shape index (κ2) is 12.1. The van der Waals surface area contributed by atoms with Gasteiger partial charge in [0.2, 0.25) is 0 Å². The van der Waals surface area contributed by atoms with Crippen LogP contribution in [0, 0.1) is 5.92 Å². The van der Waals surface area contributed by atoms with Crippen LogP contribution in [-0.2, 0) is 9.59 Å². The Morgan fingerprint density at radius 1 is 1.22 bits per heavy atom. The van der Waals surface area contributed by atoms with Gasteiger partial charge in [0.1, 0.15) is 0 Å². The van der Waals surface area contributed by atoms with Crippen LogP contribution in [0.25, 0.3) is 0 Å². The van der Waals surface area contributed by atoms with Gasteiger partial charge in [0.15, 0.2) is 0 Å². The van der Waals surface area contributed by atoms with Gasteiger partial charge in [-0.1, -0.05) is 12.2 Å². The van der Waals surface area contributed by atoms with Crippen LogP contribution in [0.2, 0.25) is 0 Å². The van der Waals surface area contributed by atoms with Crippen molar-refractivity contribution in [2.45, 2.75) is 39.2 Å². The molecule has 2 atom stereocenters. The standard InChI is InChI=1S/C8H14O2.2C2H4O2/c9-6-8(10)7-4-2-1-3-5-7;2*1-2(3)4/h1-2,7-10H,3-6H2;2*1H3,(H,3,4). The molecule has 0 aromatic rings. The first kappa shape index (κ1) is 19.0. The van der Waals surface area contributed by atoms with Gasteiger partial charge in [-0.3, -0.25) is 9.59 Å². The smallest absolute Gasteiger partial charge is 0.300 e. The molecule has 6 heteroatoms. The third kappa shape index (κ3) is 17.0. The molecule has 0 radical (unpaired) electrons. The Morgan fingerprint density at radius 3 is 1.94 bits per heavy atom. The van der Waals surface area contributed by atoms with Crippen molar-refractivity contribution in [1.82, 2.24) is 0 Å². The molecule has 0 bridgehead atoms. The van der Waals surface area contributed by atoms with Crippen molar-refractivity contribution in [1.29, 1.82) is 0 Å². The van der Waals surface area contributed by atoms with Crippen LogP contribution >= 0.6 is 0 Å². The number of hydrogen-bond donors (Lipinski definition) is 4. The molecule has 0 aromatic heterocycles. The van der Waals surface area contributed by atoms with Gasteiger partial charge in [0.25, 0.3) is 11.9 Å². The highest BCUT2D eigenvalue weighted by molar-refractivity contribution is 5.63. The Kier molecular flexibility index (Phi) is 12.7. The first-order valence-corrected chi connectivity index (χ1v) is 5.64. The minimum Gasteiger partial charge on any atom is -0.481 e. The number of hydrogen-bond acceptors (Lipinski definition) is 4. The van der Waals surface area contributed by atoms with Crippen molar-refractivity contribution in [2.75, 3.05) is 6.61 Å². The second-order valence-electron chi connectivity index (χ2n) is 3.83. The topological polar surface area (TPSA) is 115 Å². The molecule has 0 amide bonds. The molecule has 2 unspecified atom stereocenters. The first-order chi connectivity index (χ1) is 8.31. The Hall–Kier alpha value is -1.40. The molecule has 18 heavy (non-hydrogen) atoms. The largest absolute Gasteiger partial charge is 0.481 e. The summed E-state index contributed by atoms with van der Waals surface area (Å²) < 4.78 is 0. The monoisotopic (exact) mass is 262 g/mol. The molecule has 0 spiro atoms. The highest BCUT2D eigenvalue weighted by Gasteiger charge is 2.17. The van der Waals surface area contributed by atoms with Crippen molar-refractivity contribution in [2.24, 2.45) is 5.92 Å². The summed E-state index contributed by atoms with van der Waals surface area (Å²) in [4.78, 5) is 18.0. The molecule has 0 fully saturated rings. The fourth-order valence-corrected chi connectivity index (χ4v) is 1.32. The van der Waals surface area contributed by atoms with Crippen LogP contribution < -0.4 is 0 Å². The summed E-state index contributed by atoms with van der Waals surface area (Å²) in [5, 5.41) is 32.6. The van der Waals surface area contributed by atoms with E-state index in [0.717, 1.165) is 33.1 Å². The normalized spacial score (nSPS) is 18.6. The van der Waals surface area contributed by atoms with E-state index in [1.807, 2.05) is 0 Å². The lowest BCUT2D eigenvalue weighted by atomic mass is 9.90. The highest BCUT2D eigenvalue weighted by atomic mass is 16.4. The molecule has 1 aliphatic carbocycles. The number of carboxylic acid groups (broad SMARTS) is 2. The predicted molar refractivity (Wildman–Crippen MR) is 66.2 cm³/mol. The molecule has 1 rings (SSSR count). The van der Waals surface area contributed by atoms with E-state index in [2.05, 4.69) is 12.2 Å². The molecule has 6 nitrogen and oxygen atoms in total. The fourth-order valence-electron chi connectivity index (χ4n) is 1.32. The number of carboxylic acids is 2. The maximum Gasteiger partial charge on any atom is 0.300 e. The Balaban J connectivity index is 0. The van der Waals surface area contributed by atoms with Gasteiger partial charge in [0.05, 0.1) is 12.7 Å². The van der Waals surface area contributed by atoms with Gasteiger partial charge < -0.3 is 20.4 Å². The van der Waals surface area contributed by atoms with Crippen LogP contribution in [0.4, 0.5) is 0 Å². The quantitative estimate of drug-likeness (QED) is 0.549. The van der Waals surface area contributed by atoms with E-state index in [4.69, 9.17) is 24.9 Å². The molecule has 0 aliphatic heterocycles. The molecule has 0 saturated heterocycles. The van der Waals surface area contributed by atoms with Gasteiger partial charge in [-0.25, -0.2) is 0 Å². The van der Waals surface area contributed by atoms with Gasteiger partial charge in [-0.2, -0.15) is 0 Å². The zero-order valence-electron chi connectivity index (χ0n) is 10.7. The van der Waals surface area contributed by atoms with E-state index in [9.17, 15) is 5.11 Å². The zero-order valence-corrected chi connectivity index (χ0v) is 10.7. The second-order valence-corrected chi connectivity index (χ2v) is 3.83. The van der Waals surface area contributed by atoms with E-state index in [1.165, 1.54) is 0 Å². The molecule has 1 aliphatic rings. The van der Waals surface area contributed by atoms with Crippen molar-refractivity contribution < 1.29 is 30.0 Å². The zero-order chi connectivity index (χ0) is 14.6. The Labute approximate surface area is 107 Å². The van der Waals surface area contributed by atoms with Crippen molar-refractivity contribution >= 4 is 11.9 Å². The van der Waals surface area contributed by atoms with E-state index >= 15 is 0 Å². The van der Waals surface area contributed by atoms with Crippen molar-refractivity contribution in [3.63, 3.8) is 0 Å². The molecule has 0 saturated carbocycles. The number of aliphatic hydroxyl groups is 2. The van der Waals surface area contributed by atoms with Crippen LogP contribution in [0.15, 0.2) is 12.2 Å². The lowest BCUT2D eigenvalue weighted by molar-refractivity contribution is -0.135. The van der Waals surface area contributed by atoms with Gasteiger partial charge in [-0.05, 0) is 25.2 Å². The average molecular weight is 262 g/mol. The van der Waals surface area contributed by atoms with Gasteiger partial charge >= 0.3 is 0 Å². The summed E-state index contributed by atoms with van der Waals surface area (Å²) >= 11 is 0. The Bertz CT molecular complexity index is 241. The Morgan fingerprint density at radius 2 is 1.67 bits per heavy atom. The number of carbonyl (C=O) groups is 2. The molecular formula is C12H22O6. The number of allylic oxidation sites excluding steroid dienone is 2. The van der Waals surface area contributed by atoms with Crippen LogP contribution in [0.5, 0.6) is 0 Å². The molecule has 106 valence electrons. The molecular weight excluding hydrogens is 240 g/mol. The molecule has 0 aromatic carbocycles. The summed E-state index contributed by atoms with van der Waals surface area (Å²) in [6, 6.07) is 0. The lowest BCUT2D eigenvalue weighted by Crippen LogP contribution is -2.24. The van der Waals surface area contributed by atoms with E-state index in [1.54, 1.807) is 0 Å². The van der Waals surface area contributed by atoms with E-state index in [-0.39, 0.29) is 12.5 Å². The van der Waals surface area contributed by atoms with Gasteiger partial charge in [0, 0.05) is 13.8 Å². The van der Waals surface area contributed by atoms with Crippen molar-refractivity contribution in [3.8, 4) is 0 Å². The fraction of sp³-hybridized carbons (Fsp3) is 0.667. The van der Waals surface area contributed by atoms with Crippen LogP contribution in [-0.4, -0.2) is 45.1 Å². The number of aliphatic hydroxyl groups excluding tert-OH is 2. The maximum atomic E-state index is 9.20. The lowest BCUT2D eigenvalue weighted by Gasteiger charge is -2.21. The van der Waals surface area contributed by atoms with Crippen molar-refractivity contribution in [3.05, 3.63) is 12.2 Å². The van der Waals surface area contributed by atoms with E-state index < -0.39 is 18.0 Å². The van der Waals surface area contributed by atoms with Crippen LogP contribution in [0.3, 0.4) is 0 Å². The van der Waals surface area contributed by atoms with Gasteiger partial charge in [-0.15, -0.1) is 0 Å². The highest BCUT2D eigenvalue weighted by Crippen LogP contribution is 2.21. The molecule has 0 heterocycles. The third-order valence-electron chi connectivity index (χ3n) is 2.04. The average Bonchev–Trinajstić information content (AvgIpc) is 2.28. The maximum absolute atomic E-state index is 9.20. The minimum atomic E-state index is -0.833. The summed E-state index contributed by atoms with van der Waals surface area (Å²) in [6.45, 7) is 2.07.